The van der Waals surface area contributed by atoms with Crippen molar-refractivity contribution < 1.29 is 9.59 Å². The van der Waals surface area contributed by atoms with E-state index in [1.807, 2.05) is 37.3 Å². The van der Waals surface area contributed by atoms with Gasteiger partial charge in [-0.3, -0.25) is 9.59 Å². The number of nitrogens with one attached hydrogen (secondary N) is 1. The SMILES string of the molecule is Cc1cccc(NC(=O)C2=NN(c3ccccc3)C(=O)CC2)n1. The van der Waals surface area contributed by atoms with Crippen LogP contribution in [-0.2, 0) is 9.59 Å². The van der Waals surface area contributed by atoms with Crippen molar-refractivity contribution in [1.29, 1.82) is 0 Å². The summed E-state index contributed by atoms with van der Waals surface area (Å²) in [6.07, 6.45) is 0.572. The van der Waals surface area contributed by atoms with Gasteiger partial charge in [0.15, 0.2) is 0 Å². The number of para-hydroxylation sites is 1. The molecule has 0 fully saturated rings. The lowest BCUT2D eigenvalue weighted by Crippen LogP contribution is -2.36. The predicted octanol–water partition coefficient (Wildman–Crippen LogP) is 2.51. The molecule has 23 heavy (non-hydrogen) atoms. The van der Waals surface area contributed by atoms with Crippen molar-refractivity contribution in [1.82, 2.24) is 4.98 Å². The number of hydrazone groups is 1. The second kappa shape index (κ2) is 6.39. The number of nitrogens with zero attached hydrogens (tertiary/aromatic N) is 3. The highest BCUT2D eigenvalue weighted by Gasteiger charge is 2.25. The molecule has 2 aromatic rings. The third-order valence-corrected chi connectivity index (χ3v) is 3.43. The number of hydrogen-bond acceptors (Lipinski definition) is 4. The molecule has 0 atom stereocenters. The van der Waals surface area contributed by atoms with Gasteiger partial charge in [0.25, 0.3) is 5.91 Å². The lowest BCUT2D eigenvalue weighted by molar-refractivity contribution is -0.118. The van der Waals surface area contributed by atoms with Crippen LogP contribution in [0.15, 0.2) is 53.6 Å². The molecule has 1 aromatic heterocycles. The van der Waals surface area contributed by atoms with Crippen LogP contribution in [0.5, 0.6) is 0 Å². The normalized spacial score (nSPS) is 14.4. The third kappa shape index (κ3) is 3.42. The van der Waals surface area contributed by atoms with E-state index >= 15 is 0 Å². The molecule has 1 aliphatic heterocycles. The predicted molar refractivity (Wildman–Crippen MR) is 88.2 cm³/mol. The maximum Gasteiger partial charge on any atom is 0.273 e. The quantitative estimate of drug-likeness (QED) is 0.946. The van der Waals surface area contributed by atoms with E-state index in [0.29, 0.717) is 23.6 Å². The molecule has 0 aliphatic carbocycles. The van der Waals surface area contributed by atoms with Gasteiger partial charge in [-0.25, -0.2) is 9.99 Å². The number of hydrogen-bond donors (Lipinski definition) is 1. The fraction of sp³-hybridized carbons (Fsp3) is 0.176. The van der Waals surface area contributed by atoms with E-state index < -0.39 is 0 Å². The first-order valence-corrected chi connectivity index (χ1v) is 7.34. The van der Waals surface area contributed by atoms with Crippen LogP contribution in [0.2, 0.25) is 0 Å². The van der Waals surface area contributed by atoms with Gasteiger partial charge in [-0.05, 0) is 31.2 Å². The maximum absolute atomic E-state index is 12.3. The molecule has 1 aliphatic rings. The average molecular weight is 308 g/mol. The molecule has 116 valence electrons. The van der Waals surface area contributed by atoms with Gasteiger partial charge in [0.2, 0.25) is 5.91 Å². The van der Waals surface area contributed by atoms with Crippen molar-refractivity contribution in [2.24, 2.45) is 5.10 Å². The molecule has 0 radical (unpaired) electrons. The average Bonchev–Trinajstić information content (AvgIpc) is 2.56. The Hall–Kier alpha value is -3.02. The number of aryl methyl sites for hydroxylation is 1. The number of benzene rings is 1. The van der Waals surface area contributed by atoms with Crippen molar-refractivity contribution in [3.8, 4) is 0 Å². The number of aromatic nitrogens is 1. The Bertz CT molecular complexity index is 771. The highest BCUT2D eigenvalue weighted by molar-refractivity contribution is 6.44. The summed E-state index contributed by atoms with van der Waals surface area (Å²) in [7, 11) is 0. The summed E-state index contributed by atoms with van der Waals surface area (Å²) in [5.41, 5.74) is 1.78. The summed E-state index contributed by atoms with van der Waals surface area (Å²) in [6, 6.07) is 14.5. The molecular weight excluding hydrogens is 292 g/mol. The van der Waals surface area contributed by atoms with Crippen LogP contribution in [0.4, 0.5) is 11.5 Å². The molecule has 6 nitrogen and oxygen atoms in total. The molecule has 3 rings (SSSR count). The van der Waals surface area contributed by atoms with Crippen LogP contribution in [0.3, 0.4) is 0 Å². The van der Waals surface area contributed by atoms with Gasteiger partial charge < -0.3 is 5.32 Å². The Balaban J connectivity index is 1.81. The first kappa shape index (κ1) is 14.9. The summed E-state index contributed by atoms with van der Waals surface area (Å²) in [5, 5.41) is 8.21. The second-order valence-electron chi connectivity index (χ2n) is 5.21. The zero-order chi connectivity index (χ0) is 16.2. The van der Waals surface area contributed by atoms with E-state index in [1.165, 1.54) is 5.01 Å². The number of anilines is 2. The van der Waals surface area contributed by atoms with Gasteiger partial charge in [0.1, 0.15) is 11.5 Å². The van der Waals surface area contributed by atoms with E-state index in [1.54, 1.807) is 18.2 Å². The van der Waals surface area contributed by atoms with E-state index in [2.05, 4.69) is 15.4 Å². The van der Waals surface area contributed by atoms with Gasteiger partial charge in [-0.1, -0.05) is 24.3 Å². The smallest absolute Gasteiger partial charge is 0.273 e. The molecule has 2 heterocycles. The van der Waals surface area contributed by atoms with Crippen molar-refractivity contribution >= 4 is 29.0 Å². The van der Waals surface area contributed by atoms with E-state index in [9.17, 15) is 9.59 Å². The lowest BCUT2D eigenvalue weighted by atomic mass is 10.1. The Morgan fingerprint density at radius 3 is 2.61 bits per heavy atom. The minimum atomic E-state index is -0.337. The van der Waals surface area contributed by atoms with E-state index in [-0.39, 0.29) is 18.2 Å². The first-order chi connectivity index (χ1) is 11.1. The van der Waals surface area contributed by atoms with Crippen molar-refractivity contribution in [3.63, 3.8) is 0 Å². The monoisotopic (exact) mass is 308 g/mol. The van der Waals surface area contributed by atoms with Crippen molar-refractivity contribution in [3.05, 3.63) is 54.2 Å². The number of carbonyl (C=O) groups excluding carboxylic acids is 2. The molecule has 0 bridgehead atoms. The third-order valence-electron chi connectivity index (χ3n) is 3.43. The Kier molecular flexibility index (Phi) is 4.14. The van der Waals surface area contributed by atoms with E-state index in [4.69, 9.17) is 0 Å². The molecule has 6 heteroatoms. The van der Waals surface area contributed by atoms with E-state index in [0.717, 1.165) is 5.69 Å². The van der Waals surface area contributed by atoms with Crippen LogP contribution in [0, 0.1) is 6.92 Å². The first-order valence-electron chi connectivity index (χ1n) is 7.34. The largest absolute Gasteiger partial charge is 0.305 e. The molecule has 2 amide bonds. The Morgan fingerprint density at radius 2 is 1.87 bits per heavy atom. The summed E-state index contributed by atoms with van der Waals surface area (Å²) >= 11 is 0. The summed E-state index contributed by atoms with van der Waals surface area (Å²) < 4.78 is 0. The van der Waals surface area contributed by atoms with Crippen LogP contribution in [0.1, 0.15) is 18.5 Å². The fourth-order valence-corrected chi connectivity index (χ4v) is 2.29. The lowest BCUT2D eigenvalue weighted by Gasteiger charge is -2.23. The number of carbonyl (C=O) groups is 2. The van der Waals surface area contributed by atoms with Crippen LogP contribution in [0.25, 0.3) is 0 Å². The van der Waals surface area contributed by atoms with Crippen LogP contribution >= 0.6 is 0 Å². The highest BCUT2D eigenvalue weighted by atomic mass is 16.2. The number of amides is 2. The van der Waals surface area contributed by atoms with Gasteiger partial charge in [0.05, 0.1) is 5.69 Å². The van der Waals surface area contributed by atoms with Crippen LogP contribution in [-0.4, -0.2) is 22.5 Å². The minimum absolute atomic E-state index is 0.124. The van der Waals surface area contributed by atoms with Gasteiger partial charge in [-0.2, -0.15) is 5.10 Å². The van der Waals surface area contributed by atoms with Crippen molar-refractivity contribution in [2.75, 3.05) is 10.3 Å². The minimum Gasteiger partial charge on any atom is -0.305 e. The molecule has 1 N–H and O–H groups in total. The molecule has 0 saturated carbocycles. The Morgan fingerprint density at radius 1 is 1.09 bits per heavy atom. The van der Waals surface area contributed by atoms with Crippen molar-refractivity contribution in [2.45, 2.75) is 19.8 Å². The van der Waals surface area contributed by atoms with Crippen LogP contribution < -0.4 is 10.3 Å². The summed E-state index contributed by atoms with van der Waals surface area (Å²) in [5.74, 6) is 0.0128. The summed E-state index contributed by atoms with van der Waals surface area (Å²) in [4.78, 5) is 28.6. The summed E-state index contributed by atoms with van der Waals surface area (Å²) in [6.45, 7) is 1.85. The molecule has 1 aromatic carbocycles. The van der Waals surface area contributed by atoms with Gasteiger partial charge in [0, 0.05) is 18.5 Å². The number of rotatable bonds is 3. The second-order valence-corrected chi connectivity index (χ2v) is 5.21. The zero-order valence-corrected chi connectivity index (χ0v) is 12.7. The molecule has 0 saturated heterocycles. The fourth-order valence-electron chi connectivity index (χ4n) is 2.29. The zero-order valence-electron chi connectivity index (χ0n) is 12.7. The molecule has 0 spiro atoms. The molecular formula is C17H16N4O2. The highest BCUT2D eigenvalue weighted by Crippen LogP contribution is 2.20. The molecule has 0 unspecified atom stereocenters. The Labute approximate surface area is 133 Å². The standard InChI is InChI=1S/C17H16N4O2/c1-12-6-5-9-15(18-12)19-17(23)14-10-11-16(22)21(20-14)13-7-3-2-4-8-13/h2-9H,10-11H2,1H3,(H,18,19,23). The topological polar surface area (TPSA) is 74.7 Å². The maximum atomic E-state index is 12.3. The van der Waals surface area contributed by atoms with Gasteiger partial charge >= 0.3 is 0 Å². The number of pyridine rings is 1. The van der Waals surface area contributed by atoms with Gasteiger partial charge in [-0.15, -0.1) is 0 Å².